The van der Waals surface area contributed by atoms with Crippen LogP contribution in [-0.2, 0) is 0 Å². The number of rotatable bonds is 5. The first-order valence-electron chi connectivity index (χ1n) is 10.2. The number of piperazine rings is 1. The van der Waals surface area contributed by atoms with Crippen LogP contribution < -0.4 is 15.8 Å². The van der Waals surface area contributed by atoms with Crippen molar-refractivity contribution < 1.29 is 0 Å². The fourth-order valence-electron chi connectivity index (χ4n) is 3.72. The van der Waals surface area contributed by atoms with Gasteiger partial charge in [-0.2, -0.15) is 4.98 Å². The Morgan fingerprint density at radius 3 is 2.53 bits per heavy atom. The second-order valence-electron chi connectivity index (χ2n) is 7.57. The smallest absolute Gasteiger partial charge is 0.253 e. The van der Waals surface area contributed by atoms with Gasteiger partial charge < -0.3 is 15.1 Å². The molecule has 3 heterocycles. The van der Waals surface area contributed by atoms with Crippen LogP contribution in [0.5, 0.6) is 0 Å². The minimum atomic E-state index is -0.341. The quantitative estimate of drug-likeness (QED) is 0.662. The number of anilines is 3. The van der Waals surface area contributed by atoms with Gasteiger partial charge in [-0.25, -0.2) is 4.98 Å². The molecule has 4 rings (SSSR count). The molecule has 30 heavy (non-hydrogen) atoms. The lowest BCUT2D eigenvalue weighted by Gasteiger charge is -2.34. The Balaban J connectivity index is 1.59. The van der Waals surface area contributed by atoms with E-state index in [0.29, 0.717) is 18.0 Å². The molecule has 1 N–H and O–H groups in total. The molecule has 0 saturated carbocycles. The molecule has 2 aromatic heterocycles. The van der Waals surface area contributed by atoms with Crippen LogP contribution in [0.1, 0.15) is 19.4 Å². The Hall–Kier alpha value is -3.37. The monoisotopic (exact) mass is 402 g/mol. The lowest BCUT2D eigenvalue weighted by molar-refractivity contribution is 0.313. The molecule has 0 spiro atoms. The number of benzene rings is 1. The highest BCUT2D eigenvalue weighted by molar-refractivity contribution is 5.76. The first-order valence-corrected chi connectivity index (χ1v) is 10.2. The number of terminal acetylenes is 1. The molecule has 7 nitrogen and oxygen atoms in total. The van der Waals surface area contributed by atoms with Crippen molar-refractivity contribution in [3.63, 3.8) is 0 Å². The Kier molecular flexibility index (Phi) is 5.68. The van der Waals surface area contributed by atoms with Crippen LogP contribution in [0.3, 0.4) is 0 Å². The van der Waals surface area contributed by atoms with Gasteiger partial charge in [-0.1, -0.05) is 12.8 Å². The Morgan fingerprint density at radius 1 is 1.13 bits per heavy atom. The Morgan fingerprint density at radius 2 is 1.87 bits per heavy atom. The minimum Gasteiger partial charge on any atom is -0.369 e. The van der Waals surface area contributed by atoms with E-state index < -0.39 is 0 Å². The maximum Gasteiger partial charge on any atom is 0.253 e. The molecule has 3 aromatic rings. The van der Waals surface area contributed by atoms with E-state index >= 15 is 0 Å². The van der Waals surface area contributed by atoms with E-state index in [9.17, 15) is 4.79 Å². The zero-order valence-electron chi connectivity index (χ0n) is 17.4. The number of hydrogen-bond acceptors (Lipinski definition) is 6. The summed E-state index contributed by atoms with van der Waals surface area (Å²) in [7, 11) is 2.15. The molecule has 0 radical (unpaired) electrons. The zero-order chi connectivity index (χ0) is 21.1. The maximum atomic E-state index is 12.4. The molecular weight excluding hydrogens is 376 g/mol. The molecule has 1 saturated heterocycles. The van der Waals surface area contributed by atoms with Crippen LogP contribution in [0.4, 0.5) is 17.3 Å². The lowest BCUT2D eigenvalue weighted by atomic mass is 10.2. The van der Waals surface area contributed by atoms with Crippen LogP contribution in [0.25, 0.3) is 11.0 Å². The first kappa shape index (κ1) is 19.9. The van der Waals surface area contributed by atoms with Crippen LogP contribution in [0.2, 0.25) is 0 Å². The van der Waals surface area contributed by atoms with Crippen molar-refractivity contribution in [1.82, 2.24) is 19.4 Å². The fraction of sp³-hybridized carbons (Fsp3) is 0.348. The van der Waals surface area contributed by atoms with Gasteiger partial charge in [0.05, 0.1) is 6.04 Å². The molecule has 0 amide bonds. The second kappa shape index (κ2) is 8.56. The number of likely N-dealkylation sites (N-methyl/N-ethyl adjacent to an activating group) is 1. The van der Waals surface area contributed by atoms with Gasteiger partial charge in [-0.3, -0.25) is 9.36 Å². The summed E-state index contributed by atoms with van der Waals surface area (Å²) in [4.78, 5) is 26.2. The molecule has 1 aliphatic rings. The summed E-state index contributed by atoms with van der Waals surface area (Å²) in [6, 6.07) is 11.2. The number of pyridine rings is 1. The summed E-state index contributed by atoms with van der Waals surface area (Å²) in [5.41, 5.74) is 2.48. The largest absolute Gasteiger partial charge is 0.369 e. The zero-order valence-corrected chi connectivity index (χ0v) is 17.4. The van der Waals surface area contributed by atoms with Crippen molar-refractivity contribution in [3.05, 3.63) is 52.9 Å². The highest BCUT2D eigenvalue weighted by Gasteiger charge is 2.15. The van der Waals surface area contributed by atoms with Crippen LogP contribution in [-0.4, -0.2) is 52.7 Å². The number of aromatic nitrogens is 3. The average molecular weight is 403 g/mol. The third-order valence-corrected chi connectivity index (χ3v) is 5.55. The van der Waals surface area contributed by atoms with Gasteiger partial charge in [0.1, 0.15) is 5.65 Å². The standard InChI is InChI=1S/C23H26N6O/c1-4-19(5-2)29-21(30)11-6-17-16-24-23(26-22(17)29)25-18-7-9-20(10-8-18)28-14-12-27(3)13-15-28/h1,6-11,16,19H,5,12-15H2,2-3H3,(H,24,25,26). The van der Waals surface area contributed by atoms with Gasteiger partial charge in [0.2, 0.25) is 5.95 Å². The normalized spacial score (nSPS) is 15.7. The average Bonchev–Trinajstić information content (AvgIpc) is 2.77. The van der Waals surface area contributed by atoms with Gasteiger partial charge in [0, 0.05) is 55.2 Å². The van der Waals surface area contributed by atoms with Crippen molar-refractivity contribution in [2.24, 2.45) is 0 Å². The number of nitrogens with one attached hydrogen (secondary N) is 1. The van der Waals surface area contributed by atoms with E-state index in [0.717, 1.165) is 37.3 Å². The minimum absolute atomic E-state index is 0.159. The predicted molar refractivity (Wildman–Crippen MR) is 121 cm³/mol. The topological polar surface area (TPSA) is 66.3 Å². The fourth-order valence-corrected chi connectivity index (χ4v) is 3.72. The van der Waals surface area contributed by atoms with E-state index in [1.807, 2.05) is 19.1 Å². The molecular formula is C23H26N6O. The Bertz CT molecular complexity index is 1120. The van der Waals surface area contributed by atoms with E-state index in [2.05, 4.69) is 50.2 Å². The van der Waals surface area contributed by atoms with E-state index in [1.165, 1.54) is 11.8 Å². The molecule has 7 heteroatoms. The van der Waals surface area contributed by atoms with Gasteiger partial charge in [-0.05, 0) is 43.8 Å². The van der Waals surface area contributed by atoms with Crippen molar-refractivity contribution in [2.45, 2.75) is 19.4 Å². The molecule has 0 bridgehead atoms. The van der Waals surface area contributed by atoms with Crippen molar-refractivity contribution in [1.29, 1.82) is 0 Å². The van der Waals surface area contributed by atoms with Crippen molar-refractivity contribution in [2.75, 3.05) is 43.4 Å². The molecule has 1 atom stereocenters. The van der Waals surface area contributed by atoms with Gasteiger partial charge in [0.25, 0.3) is 5.56 Å². The highest BCUT2D eigenvalue weighted by atomic mass is 16.1. The summed E-state index contributed by atoms with van der Waals surface area (Å²) >= 11 is 0. The lowest BCUT2D eigenvalue weighted by Crippen LogP contribution is -2.44. The molecule has 0 aliphatic carbocycles. The van der Waals surface area contributed by atoms with E-state index in [1.54, 1.807) is 16.8 Å². The summed E-state index contributed by atoms with van der Waals surface area (Å²) in [5, 5.41) is 4.02. The summed E-state index contributed by atoms with van der Waals surface area (Å²) in [6.45, 7) is 6.16. The summed E-state index contributed by atoms with van der Waals surface area (Å²) in [6.07, 6.45) is 8.00. The molecule has 1 aliphatic heterocycles. The maximum absolute atomic E-state index is 12.4. The van der Waals surface area contributed by atoms with Gasteiger partial charge in [-0.15, -0.1) is 6.42 Å². The Labute approximate surface area is 176 Å². The third kappa shape index (κ3) is 4.00. The number of nitrogens with zero attached hydrogens (tertiary/aromatic N) is 5. The first-order chi connectivity index (χ1) is 14.6. The highest BCUT2D eigenvalue weighted by Crippen LogP contribution is 2.22. The van der Waals surface area contributed by atoms with Crippen molar-refractivity contribution in [3.8, 4) is 12.3 Å². The summed E-state index contributed by atoms with van der Waals surface area (Å²) < 4.78 is 1.57. The van der Waals surface area contributed by atoms with E-state index in [-0.39, 0.29) is 11.6 Å². The predicted octanol–water partition coefficient (Wildman–Crippen LogP) is 2.87. The van der Waals surface area contributed by atoms with Crippen LogP contribution in [0, 0.1) is 12.3 Å². The number of fused-ring (bicyclic) bond motifs is 1. The van der Waals surface area contributed by atoms with Crippen molar-refractivity contribution >= 4 is 28.4 Å². The van der Waals surface area contributed by atoms with Gasteiger partial charge >= 0.3 is 0 Å². The van der Waals surface area contributed by atoms with Gasteiger partial charge in [0.15, 0.2) is 0 Å². The van der Waals surface area contributed by atoms with E-state index in [4.69, 9.17) is 6.42 Å². The number of hydrogen-bond donors (Lipinski definition) is 1. The molecule has 1 fully saturated rings. The third-order valence-electron chi connectivity index (χ3n) is 5.55. The van der Waals surface area contributed by atoms with Crippen LogP contribution >= 0.6 is 0 Å². The molecule has 1 unspecified atom stereocenters. The second-order valence-corrected chi connectivity index (χ2v) is 7.57. The van der Waals surface area contributed by atoms with Crippen LogP contribution in [0.15, 0.2) is 47.4 Å². The SMILES string of the molecule is C#CC(CC)n1c(=O)ccc2cnc(Nc3ccc(N4CCN(C)CC4)cc3)nc21. The molecule has 154 valence electrons. The summed E-state index contributed by atoms with van der Waals surface area (Å²) in [5.74, 6) is 3.12. The molecule has 1 aromatic carbocycles.